The number of nitrogens with one attached hydrogen (secondary N) is 2. The van der Waals surface area contributed by atoms with Gasteiger partial charge in [-0.1, -0.05) is 23.2 Å². The molecule has 0 aromatic heterocycles. The molecule has 0 spiro atoms. The lowest BCUT2D eigenvalue weighted by molar-refractivity contribution is -0.128. The number of rotatable bonds is 10. The molecule has 1 fully saturated rings. The minimum Gasteiger partial charge on any atom is -0.484 e. The highest BCUT2D eigenvalue weighted by Crippen LogP contribution is 2.48. The predicted molar refractivity (Wildman–Crippen MR) is 138 cm³/mol. The van der Waals surface area contributed by atoms with Crippen LogP contribution in [0.2, 0.25) is 10.0 Å². The lowest BCUT2D eigenvalue weighted by Gasteiger charge is -2.51. The van der Waals surface area contributed by atoms with Crippen LogP contribution in [0.1, 0.15) is 25.7 Å². The quantitative estimate of drug-likeness (QED) is 0.214. The van der Waals surface area contributed by atoms with E-state index in [4.69, 9.17) is 32.7 Å². The van der Waals surface area contributed by atoms with Crippen LogP contribution in [0.5, 0.6) is 11.5 Å². The summed E-state index contributed by atoms with van der Waals surface area (Å²) in [7, 11) is -6.16. The largest absolute Gasteiger partial charge is 0.534 e. The van der Waals surface area contributed by atoms with E-state index >= 15 is 0 Å². The van der Waals surface area contributed by atoms with Crippen LogP contribution in [0, 0.1) is 11.6 Å². The molecule has 2 aromatic rings. The molecule has 2 amide bonds. The van der Waals surface area contributed by atoms with Gasteiger partial charge >= 0.3 is 15.6 Å². The molecule has 5 rings (SSSR count). The SMILES string of the molecule is O=C(COc1ccc(Cl)c(F)c1)NC12C=C(OS(=O)(=O)C(F)(F)F)C(NC(=O)COc3ccc(Cl)c(F)c3)(CC1)CC2. The first-order chi connectivity index (χ1) is 19.5. The molecule has 0 heterocycles. The highest BCUT2D eigenvalue weighted by atomic mass is 35.5. The van der Waals surface area contributed by atoms with E-state index in [1.165, 1.54) is 24.3 Å². The Kier molecular flexibility index (Phi) is 8.86. The second kappa shape index (κ2) is 11.8. The lowest BCUT2D eigenvalue weighted by atomic mass is 9.65. The van der Waals surface area contributed by atoms with Crippen molar-refractivity contribution < 1.29 is 53.6 Å². The second-order valence-corrected chi connectivity index (χ2v) is 11.9. The minimum absolute atomic E-state index is 0.0158. The standard InChI is InChI=1S/C25H21Cl2F5N2O7S/c26-16-3-1-14(9-18(16)28)39-12-21(35)33-23-5-7-24(8-6-23,20(11-23)41-42(37,38)25(30,31)32)34-22(36)13-40-15-2-4-17(27)19(29)10-15/h1-4,9-11H,5-8,12-13H2,(H,33,35)(H,34,36). The average Bonchev–Trinajstić information content (AvgIpc) is 2.90. The van der Waals surface area contributed by atoms with Crippen molar-refractivity contribution in [2.75, 3.05) is 13.2 Å². The van der Waals surface area contributed by atoms with Crippen LogP contribution in [-0.2, 0) is 23.9 Å². The van der Waals surface area contributed by atoms with Crippen LogP contribution in [-0.4, -0.2) is 50.0 Å². The predicted octanol–water partition coefficient (Wildman–Crippen LogP) is 4.78. The van der Waals surface area contributed by atoms with Gasteiger partial charge in [-0.25, -0.2) is 8.78 Å². The number of alkyl halides is 3. The van der Waals surface area contributed by atoms with Crippen molar-refractivity contribution in [1.82, 2.24) is 10.6 Å². The molecule has 9 nitrogen and oxygen atoms in total. The summed E-state index contributed by atoms with van der Waals surface area (Å²) in [5.41, 5.74) is -8.81. The molecule has 0 radical (unpaired) electrons. The van der Waals surface area contributed by atoms with Crippen molar-refractivity contribution in [1.29, 1.82) is 0 Å². The van der Waals surface area contributed by atoms with Gasteiger partial charge in [0.2, 0.25) is 0 Å². The zero-order chi connectivity index (χ0) is 30.9. The summed E-state index contributed by atoms with van der Waals surface area (Å²) in [5, 5.41) is 4.72. The van der Waals surface area contributed by atoms with E-state index in [1.54, 1.807) is 0 Å². The van der Waals surface area contributed by atoms with Crippen LogP contribution in [0.25, 0.3) is 0 Å². The fourth-order valence-electron chi connectivity index (χ4n) is 4.57. The lowest BCUT2D eigenvalue weighted by Crippen LogP contribution is -2.64. The third-order valence-electron chi connectivity index (χ3n) is 6.65. The third-order valence-corrected chi connectivity index (χ3v) is 8.23. The fourth-order valence-corrected chi connectivity index (χ4v) is 5.34. The van der Waals surface area contributed by atoms with Gasteiger partial charge in [0.15, 0.2) is 13.2 Å². The first-order valence-corrected chi connectivity index (χ1v) is 14.2. The Morgan fingerprint density at radius 1 is 0.833 bits per heavy atom. The number of halogens is 7. The van der Waals surface area contributed by atoms with Gasteiger partial charge in [0, 0.05) is 12.1 Å². The second-order valence-electron chi connectivity index (χ2n) is 9.56. The van der Waals surface area contributed by atoms with E-state index < -0.39 is 69.1 Å². The number of hydrogen-bond acceptors (Lipinski definition) is 7. The first kappa shape index (κ1) is 31.6. The van der Waals surface area contributed by atoms with E-state index in [2.05, 4.69) is 14.8 Å². The van der Waals surface area contributed by atoms with Crippen LogP contribution >= 0.6 is 23.2 Å². The summed E-state index contributed by atoms with van der Waals surface area (Å²) in [6.45, 7) is -1.31. The molecule has 0 saturated heterocycles. The fraction of sp³-hybridized carbons (Fsp3) is 0.360. The summed E-state index contributed by atoms with van der Waals surface area (Å²) in [6.07, 6.45) is 0.889. The third kappa shape index (κ3) is 7.01. The Morgan fingerprint density at radius 3 is 1.76 bits per heavy atom. The minimum atomic E-state index is -6.16. The van der Waals surface area contributed by atoms with Crippen LogP contribution in [0.3, 0.4) is 0 Å². The highest BCUT2D eigenvalue weighted by Gasteiger charge is 2.56. The summed E-state index contributed by atoms with van der Waals surface area (Å²) in [4.78, 5) is 25.4. The molecule has 0 unspecified atom stereocenters. The van der Waals surface area contributed by atoms with Gasteiger partial charge in [-0.2, -0.15) is 21.6 Å². The van der Waals surface area contributed by atoms with Crippen molar-refractivity contribution in [2.24, 2.45) is 0 Å². The smallest absolute Gasteiger partial charge is 0.484 e. The Balaban J connectivity index is 1.51. The van der Waals surface area contributed by atoms with Crippen molar-refractivity contribution in [3.63, 3.8) is 0 Å². The van der Waals surface area contributed by atoms with E-state index in [0.717, 1.165) is 18.2 Å². The maximum Gasteiger partial charge on any atom is 0.534 e. The Labute approximate surface area is 246 Å². The number of benzene rings is 2. The topological polar surface area (TPSA) is 120 Å². The molecular weight excluding hydrogens is 638 g/mol. The molecule has 3 aliphatic carbocycles. The molecule has 2 aromatic carbocycles. The zero-order valence-electron chi connectivity index (χ0n) is 21.2. The molecule has 0 aliphatic heterocycles. The number of fused-ring (bicyclic) bond motifs is 2. The highest BCUT2D eigenvalue weighted by molar-refractivity contribution is 7.87. The number of ether oxygens (including phenoxy) is 2. The van der Waals surface area contributed by atoms with E-state index in [-0.39, 0.29) is 47.2 Å². The van der Waals surface area contributed by atoms with Crippen molar-refractivity contribution in [3.8, 4) is 11.5 Å². The maximum absolute atomic E-state index is 13.7. The van der Waals surface area contributed by atoms with Gasteiger partial charge in [0.05, 0.1) is 21.1 Å². The normalized spacial score (nSPS) is 21.7. The maximum atomic E-state index is 13.7. The van der Waals surface area contributed by atoms with E-state index in [0.29, 0.717) is 0 Å². The van der Waals surface area contributed by atoms with Gasteiger partial charge in [0.1, 0.15) is 28.9 Å². The molecule has 228 valence electrons. The van der Waals surface area contributed by atoms with Gasteiger partial charge in [-0.3, -0.25) is 9.59 Å². The molecule has 2 N–H and O–H groups in total. The van der Waals surface area contributed by atoms with Crippen LogP contribution in [0.4, 0.5) is 22.0 Å². The molecule has 1 saturated carbocycles. The molecule has 2 bridgehead atoms. The number of carbonyl (C=O) groups excluding carboxylic acids is 2. The van der Waals surface area contributed by atoms with Crippen molar-refractivity contribution >= 4 is 45.1 Å². The van der Waals surface area contributed by atoms with Crippen LogP contribution in [0.15, 0.2) is 48.2 Å². The summed E-state index contributed by atoms with van der Waals surface area (Å²) < 4.78 is 106. The van der Waals surface area contributed by atoms with Crippen molar-refractivity contribution in [3.05, 3.63) is 69.9 Å². The number of amides is 2. The summed E-state index contributed by atoms with van der Waals surface area (Å²) in [6, 6.07) is 6.87. The molecule has 17 heteroatoms. The number of carbonyl (C=O) groups is 2. The van der Waals surface area contributed by atoms with E-state index in [1.807, 2.05) is 0 Å². The molecule has 42 heavy (non-hydrogen) atoms. The Morgan fingerprint density at radius 2 is 1.31 bits per heavy atom. The average molecular weight is 659 g/mol. The van der Waals surface area contributed by atoms with Gasteiger partial charge in [-0.15, -0.1) is 0 Å². The van der Waals surface area contributed by atoms with E-state index in [9.17, 15) is 40.0 Å². The first-order valence-electron chi connectivity index (χ1n) is 12.0. The summed E-state index contributed by atoms with van der Waals surface area (Å²) >= 11 is 11.2. The molecular formula is C25H21Cl2F5N2O7S. The van der Waals surface area contributed by atoms with Crippen molar-refractivity contribution in [2.45, 2.75) is 42.3 Å². The van der Waals surface area contributed by atoms with Gasteiger partial charge < -0.3 is 24.3 Å². The molecule has 0 atom stereocenters. The van der Waals surface area contributed by atoms with Gasteiger partial charge in [0.25, 0.3) is 11.8 Å². The monoisotopic (exact) mass is 658 g/mol. The Bertz CT molecular complexity index is 1530. The van der Waals surface area contributed by atoms with Crippen LogP contribution < -0.4 is 20.1 Å². The molecule has 3 aliphatic rings. The zero-order valence-corrected chi connectivity index (χ0v) is 23.5. The summed E-state index contributed by atoms with van der Waals surface area (Å²) in [5.74, 6) is -4.04. The van der Waals surface area contributed by atoms with Gasteiger partial charge in [-0.05, 0) is 56.0 Å². The number of hydrogen-bond donors (Lipinski definition) is 2. The Hall–Kier alpha value is -3.30.